The van der Waals surface area contributed by atoms with Crippen LogP contribution in [0.2, 0.25) is 0 Å². The van der Waals surface area contributed by atoms with E-state index in [0.717, 1.165) is 23.9 Å². The summed E-state index contributed by atoms with van der Waals surface area (Å²) in [5.74, 6) is -0.0798. The second-order valence-electron chi connectivity index (χ2n) is 6.61. The van der Waals surface area contributed by atoms with Crippen molar-refractivity contribution in [2.24, 2.45) is 13.0 Å². The van der Waals surface area contributed by atoms with Crippen LogP contribution in [0.15, 0.2) is 36.7 Å². The third-order valence-corrected chi connectivity index (χ3v) is 5.01. The zero-order chi connectivity index (χ0) is 18.7. The average molecular weight is 377 g/mol. The van der Waals surface area contributed by atoms with Crippen molar-refractivity contribution < 1.29 is 13.2 Å². The number of hydrogen-bond donors (Lipinski definition) is 3. The summed E-state index contributed by atoms with van der Waals surface area (Å²) < 4.78 is 26.8. The van der Waals surface area contributed by atoms with E-state index in [-0.39, 0.29) is 17.7 Å². The largest absolute Gasteiger partial charge is 0.352 e. The van der Waals surface area contributed by atoms with Crippen molar-refractivity contribution in [1.82, 2.24) is 20.4 Å². The summed E-state index contributed by atoms with van der Waals surface area (Å²) in [5, 5.41) is 10.4. The summed E-state index contributed by atoms with van der Waals surface area (Å²) in [6.07, 6.45) is 4.85. The molecule has 1 saturated heterocycles. The molecule has 1 aliphatic heterocycles. The predicted octanol–water partition coefficient (Wildman–Crippen LogP) is 0.411. The highest BCUT2D eigenvalue weighted by Gasteiger charge is 2.34. The van der Waals surface area contributed by atoms with Crippen molar-refractivity contribution in [2.75, 3.05) is 24.1 Å². The number of nitrogens with one attached hydrogen (secondary N) is 3. The van der Waals surface area contributed by atoms with E-state index in [4.69, 9.17) is 0 Å². The van der Waals surface area contributed by atoms with Crippen molar-refractivity contribution in [3.8, 4) is 0 Å². The van der Waals surface area contributed by atoms with Crippen LogP contribution in [0, 0.1) is 5.92 Å². The van der Waals surface area contributed by atoms with Crippen molar-refractivity contribution in [2.45, 2.75) is 12.5 Å². The topological polar surface area (TPSA) is 105 Å². The Hall–Kier alpha value is -2.39. The number of benzene rings is 1. The van der Waals surface area contributed by atoms with Gasteiger partial charge in [0.25, 0.3) is 0 Å². The van der Waals surface area contributed by atoms with E-state index < -0.39 is 10.0 Å². The Bertz CT molecular complexity index is 893. The molecule has 9 heteroatoms. The predicted molar refractivity (Wildman–Crippen MR) is 99.1 cm³/mol. The summed E-state index contributed by atoms with van der Waals surface area (Å²) in [5.41, 5.74) is 2.36. The van der Waals surface area contributed by atoms with E-state index in [1.165, 1.54) is 0 Å². The Labute approximate surface area is 153 Å². The number of carbonyl (C=O) groups excluding carboxylic acids is 1. The number of hydrogen-bond acceptors (Lipinski definition) is 5. The third kappa shape index (κ3) is 4.61. The third-order valence-electron chi connectivity index (χ3n) is 4.40. The molecular weight excluding hydrogens is 354 g/mol. The smallest absolute Gasteiger partial charge is 0.229 e. The van der Waals surface area contributed by atoms with Crippen LogP contribution in [-0.2, 0) is 28.4 Å². The van der Waals surface area contributed by atoms with Crippen molar-refractivity contribution >= 4 is 21.6 Å². The van der Waals surface area contributed by atoms with Crippen LogP contribution in [0.4, 0.5) is 5.69 Å². The Balaban J connectivity index is 1.62. The van der Waals surface area contributed by atoms with Gasteiger partial charge in [-0.2, -0.15) is 5.10 Å². The van der Waals surface area contributed by atoms with Crippen LogP contribution in [0.3, 0.4) is 0 Å². The lowest BCUT2D eigenvalue weighted by Crippen LogP contribution is -2.34. The standard InChI is InChI=1S/C17H23N5O3S/c1-22-11-13(8-20-22)15-9-18-10-16(15)17(23)19-7-12-4-3-5-14(6-12)21-26(2,24)25/h3-6,8,11,15-16,18,21H,7,9-10H2,1-2H3,(H,19,23)/t15-,16+/m1/s1. The molecule has 0 unspecified atom stereocenters. The summed E-state index contributed by atoms with van der Waals surface area (Å²) >= 11 is 0. The molecule has 1 fully saturated rings. The maximum absolute atomic E-state index is 12.6. The molecule has 1 aliphatic rings. The highest BCUT2D eigenvalue weighted by Crippen LogP contribution is 2.28. The molecule has 140 valence electrons. The van der Waals surface area contributed by atoms with Crippen molar-refractivity contribution in [3.63, 3.8) is 0 Å². The van der Waals surface area contributed by atoms with Crippen molar-refractivity contribution in [1.29, 1.82) is 0 Å². The molecule has 1 amide bonds. The van der Waals surface area contributed by atoms with Crippen LogP contribution in [-0.4, -0.2) is 43.5 Å². The summed E-state index contributed by atoms with van der Waals surface area (Å²) in [6.45, 7) is 1.72. The van der Waals surface area contributed by atoms with Gasteiger partial charge < -0.3 is 10.6 Å². The Morgan fingerprint density at radius 3 is 2.88 bits per heavy atom. The number of nitrogens with zero attached hydrogens (tertiary/aromatic N) is 2. The molecule has 3 rings (SSSR count). The van der Waals surface area contributed by atoms with E-state index in [1.54, 1.807) is 29.1 Å². The van der Waals surface area contributed by atoms with E-state index in [9.17, 15) is 13.2 Å². The summed E-state index contributed by atoms with van der Waals surface area (Å²) in [7, 11) is -1.47. The first-order valence-electron chi connectivity index (χ1n) is 8.35. The van der Waals surface area contributed by atoms with E-state index in [1.807, 2.05) is 19.3 Å². The van der Waals surface area contributed by atoms with Crippen LogP contribution in [0.1, 0.15) is 17.0 Å². The van der Waals surface area contributed by atoms with Gasteiger partial charge in [0.2, 0.25) is 15.9 Å². The van der Waals surface area contributed by atoms with Crippen LogP contribution in [0.5, 0.6) is 0 Å². The highest BCUT2D eigenvalue weighted by atomic mass is 32.2. The Morgan fingerprint density at radius 1 is 1.38 bits per heavy atom. The first-order valence-corrected chi connectivity index (χ1v) is 10.2. The molecule has 0 bridgehead atoms. The van der Waals surface area contributed by atoms with Gasteiger partial charge >= 0.3 is 0 Å². The molecular formula is C17H23N5O3S. The molecule has 0 spiro atoms. The van der Waals surface area contributed by atoms with Gasteiger partial charge in [-0.05, 0) is 23.3 Å². The zero-order valence-electron chi connectivity index (χ0n) is 14.8. The number of aryl methyl sites for hydroxylation is 1. The lowest BCUT2D eigenvalue weighted by Gasteiger charge is -2.17. The lowest BCUT2D eigenvalue weighted by atomic mass is 9.90. The fourth-order valence-corrected chi connectivity index (χ4v) is 3.77. The normalized spacial score (nSPS) is 20.1. The molecule has 0 radical (unpaired) electrons. The summed E-state index contributed by atoms with van der Waals surface area (Å²) in [4.78, 5) is 12.6. The number of carbonyl (C=O) groups is 1. The van der Waals surface area contributed by atoms with Gasteiger partial charge in [-0.1, -0.05) is 12.1 Å². The van der Waals surface area contributed by atoms with Crippen LogP contribution < -0.4 is 15.4 Å². The second kappa shape index (κ2) is 7.46. The minimum atomic E-state index is -3.33. The minimum Gasteiger partial charge on any atom is -0.352 e. The monoisotopic (exact) mass is 377 g/mol. The van der Waals surface area contributed by atoms with Gasteiger partial charge in [-0.25, -0.2) is 8.42 Å². The molecule has 2 heterocycles. The quantitative estimate of drug-likeness (QED) is 0.676. The van der Waals surface area contributed by atoms with Gasteiger partial charge in [0.15, 0.2) is 0 Å². The molecule has 0 aliphatic carbocycles. The van der Waals surface area contributed by atoms with Gasteiger partial charge in [0, 0.05) is 44.5 Å². The van der Waals surface area contributed by atoms with Gasteiger partial charge in [0.1, 0.15) is 0 Å². The average Bonchev–Trinajstić information content (AvgIpc) is 3.20. The molecule has 1 aromatic heterocycles. The van der Waals surface area contributed by atoms with Crippen molar-refractivity contribution in [3.05, 3.63) is 47.8 Å². The number of rotatable bonds is 6. The van der Waals surface area contributed by atoms with Gasteiger partial charge in [0.05, 0.1) is 18.4 Å². The molecule has 3 N–H and O–H groups in total. The number of sulfonamides is 1. The van der Waals surface area contributed by atoms with Crippen LogP contribution in [0.25, 0.3) is 0 Å². The van der Waals surface area contributed by atoms with E-state index in [0.29, 0.717) is 18.8 Å². The first kappa shape index (κ1) is 18.4. The number of amides is 1. The molecule has 0 saturated carbocycles. The fraction of sp³-hybridized carbons (Fsp3) is 0.412. The van der Waals surface area contributed by atoms with Gasteiger partial charge in [-0.15, -0.1) is 0 Å². The van der Waals surface area contributed by atoms with Gasteiger partial charge in [-0.3, -0.25) is 14.2 Å². The van der Waals surface area contributed by atoms with E-state index in [2.05, 4.69) is 20.5 Å². The lowest BCUT2D eigenvalue weighted by molar-refractivity contribution is -0.125. The highest BCUT2D eigenvalue weighted by molar-refractivity contribution is 7.92. The molecule has 2 aromatic rings. The van der Waals surface area contributed by atoms with E-state index >= 15 is 0 Å². The summed E-state index contributed by atoms with van der Waals surface area (Å²) in [6, 6.07) is 6.99. The minimum absolute atomic E-state index is 0.0228. The maximum atomic E-state index is 12.6. The molecule has 26 heavy (non-hydrogen) atoms. The number of anilines is 1. The fourth-order valence-electron chi connectivity index (χ4n) is 3.22. The molecule has 2 atom stereocenters. The Kier molecular flexibility index (Phi) is 5.28. The number of aromatic nitrogens is 2. The maximum Gasteiger partial charge on any atom is 0.229 e. The first-order chi connectivity index (χ1) is 12.3. The zero-order valence-corrected chi connectivity index (χ0v) is 15.6. The Morgan fingerprint density at radius 2 is 2.19 bits per heavy atom. The SMILES string of the molecule is Cn1cc([C@H]2CNC[C@@H]2C(=O)NCc2cccc(NS(C)(=O)=O)c2)cn1. The van der Waals surface area contributed by atoms with Crippen LogP contribution >= 0.6 is 0 Å². The molecule has 8 nitrogen and oxygen atoms in total. The second-order valence-corrected chi connectivity index (χ2v) is 8.36. The molecule has 1 aromatic carbocycles.